The fraction of sp³-hybridized carbons (Fsp3) is 0.118. The number of nitro benzene ring substituents is 1. The molecule has 0 aliphatic carbocycles. The van der Waals surface area contributed by atoms with Gasteiger partial charge < -0.3 is 9.47 Å². The molecule has 0 saturated carbocycles. The monoisotopic (exact) mass is 310 g/mol. The molecule has 23 heavy (non-hydrogen) atoms. The molecule has 2 rings (SSSR count). The summed E-state index contributed by atoms with van der Waals surface area (Å²) in [5, 5.41) is 20.0. The second kappa shape index (κ2) is 7.09. The Balaban J connectivity index is 2.39. The molecule has 0 aliphatic rings. The first kappa shape index (κ1) is 16.0. The summed E-state index contributed by atoms with van der Waals surface area (Å²) in [5.41, 5.74) is 1.79. The van der Waals surface area contributed by atoms with Crippen LogP contribution in [0.5, 0.6) is 11.5 Å². The van der Waals surface area contributed by atoms with Gasteiger partial charge in [-0.15, -0.1) is 0 Å². The first-order valence-electron chi connectivity index (χ1n) is 6.67. The molecule has 0 saturated heterocycles. The van der Waals surface area contributed by atoms with Crippen molar-refractivity contribution in [2.75, 3.05) is 14.2 Å². The van der Waals surface area contributed by atoms with E-state index in [1.165, 1.54) is 26.4 Å². The Morgan fingerprint density at radius 2 is 1.78 bits per heavy atom. The zero-order valence-electron chi connectivity index (χ0n) is 12.6. The number of nitriles is 1. The van der Waals surface area contributed by atoms with Gasteiger partial charge in [-0.2, -0.15) is 5.26 Å². The van der Waals surface area contributed by atoms with Gasteiger partial charge in [-0.3, -0.25) is 10.1 Å². The lowest BCUT2D eigenvalue weighted by Gasteiger charge is -2.09. The van der Waals surface area contributed by atoms with Crippen molar-refractivity contribution in [2.24, 2.45) is 0 Å². The van der Waals surface area contributed by atoms with Gasteiger partial charge >= 0.3 is 0 Å². The number of hydrogen-bond acceptors (Lipinski definition) is 5. The molecule has 0 unspecified atom stereocenters. The van der Waals surface area contributed by atoms with E-state index in [9.17, 15) is 15.4 Å². The van der Waals surface area contributed by atoms with Crippen LogP contribution in [-0.2, 0) is 0 Å². The van der Waals surface area contributed by atoms with Gasteiger partial charge in [0, 0.05) is 12.1 Å². The lowest BCUT2D eigenvalue weighted by Crippen LogP contribution is -1.92. The third-order valence-corrected chi connectivity index (χ3v) is 3.23. The van der Waals surface area contributed by atoms with E-state index in [4.69, 9.17) is 9.47 Å². The summed E-state index contributed by atoms with van der Waals surface area (Å²) >= 11 is 0. The first-order chi connectivity index (χ1) is 11.1. The molecular formula is C17H14N2O4. The summed E-state index contributed by atoms with van der Waals surface area (Å²) in [7, 11) is 3.06. The summed E-state index contributed by atoms with van der Waals surface area (Å²) in [6, 6.07) is 13.3. The number of allylic oxidation sites excluding steroid dienone is 1. The quantitative estimate of drug-likeness (QED) is 0.364. The van der Waals surface area contributed by atoms with E-state index in [0.717, 1.165) is 0 Å². The van der Waals surface area contributed by atoms with E-state index in [2.05, 4.69) is 6.07 Å². The van der Waals surface area contributed by atoms with Crippen LogP contribution in [0, 0.1) is 21.4 Å². The van der Waals surface area contributed by atoms with Crippen LogP contribution in [0.3, 0.4) is 0 Å². The number of ether oxygens (including phenoxy) is 2. The minimum absolute atomic E-state index is 0.00627. The molecule has 0 amide bonds. The van der Waals surface area contributed by atoms with E-state index in [1.54, 1.807) is 36.4 Å². The van der Waals surface area contributed by atoms with Crippen LogP contribution in [-0.4, -0.2) is 19.1 Å². The number of non-ortho nitro benzene ring substituents is 1. The largest absolute Gasteiger partial charge is 0.493 e. The lowest BCUT2D eigenvalue weighted by atomic mass is 10.0. The number of rotatable bonds is 5. The minimum atomic E-state index is -0.465. The van der Waals surface area contributed by atoms with Crippen molar-refractivity contribution >= 4 is 17.3 Å². The molecule has 0 radical (unpaired) electrons. The molecule has 2 aromatic rings. The molecule has 0 bridgehead atoms. The summed E-state index contributed by atoms with van der Waals surface area (Å²) in [6.07, 6.45) is 1.66. The zero-order chi connectivity index (χ0) is 16.8. The maximum Gasteiger partial charge on any atom is 0.269 e. The van der Waals surface area contributed by atoms with Crippen molar-refractivity contribution in [3.63, 3.8) is 0 Å². The minimum Gasteiger partial charge on any atom is -0.493 e. The second-order valence-electron chi connectivity index (χ2n) is 4.59. The van der Waals surface area contributed by atoms with Gasteiger partial charge in [-0.25, -0.2) is 0 Å². The highest BCUT2D eigenvalue weighted by molar-refractivity contribution is 5.90. The number of benzene rings is 2. The molecule has 0 aliphatic heterocycles. The van der Waals surface area contributed by atoms with E-state index in [1.807, 2.05) is 0 Å². The summed E-state index contributed by atoms with van der Waals surface area (Å²) < 4.78 is 10.4. The molecule has 6 heteroatoms. The van der Waals surface area contributed by atoms with E-state index in [0.29, 0.717) is 28.2 Å². The normalized spacial score (nSPS) is 10.7. The predicted octanol–water partition coefficient (Wildman–Crippen LogP) is 3.68. The summed E-state index contributed by atoms with van der Waals surface area (Å²) in [5.74, 6) is 1.10. The van der Waals surface area contributed by atoms with Crippen molar-refractivity contribution in [2.45, 2.75) is 0 Å². The van der Waals surface area contributed by atoms with Crippen LogP contribution in [0.15, 0.2) is 42.5 Å². The molecule has 6 nitrogen and oxygen atoms in total. The number of hydrogen-bond donors (Lipinski definition) is 0. The second-order valence-corrected chi connectivity index (χ2v) is 4.59. The summed E-state index contributed by atoms with van der Waals surface area (Å²) in [6.45, 7) is 0. The highest BCUT2D eigenvalue weighted by atomic mass is 16.6. The molecule has 0 spiro atoms. The van der Waals surface area contributed by atoms with Crippen LogP contribution in [0.1, 0.15) is 11.1 Å². The average Bonchev–Trinajstić information content (AvgIpc) is 2.59. The predicted molar refractivity (Wildman–Crippen MR) is 86.1 cm³/mol. The van der Waals surface area contributed by atoms with Crippen molar-refractivity contribution in [3.8, 4) is 17.6 Å². The Hall–Kier alpha value is -3.33. The molecule has 0 heterocycles. The Labute approximate surface area is 133 Å². The van der Waals surface area contributed by atoms with Gasteiger partial charge in [0.05, 0.1) is 30.8 Å². The SMILES string of the molecule is COc1ccc(/C(C#N)=C/c2ccc([N+](=O)[O-])cc2)cc1OC. The number of nitro groups is 1. The Bertz CT molecular complexity index is 789. The smallest absolute Gasteiger partial charge is 0.269 e. The molecule has 0 N–H and O–H groups in total. The maximum atomic E-state index is 10.7. The highest BCUT2D eigenvalue weighted by Gasteiger charge is 2.09. The topological polar surface area (TPSA) is 85.4 Å². The van der Waals surface area contributed by atoms with Crippen LogP contribution >= 0.6 is 0 Å². The first-order valence-corrected chi connectivity index (χ1v) is 6.67. The van der Waals surface area contributed by atoms with Crippen molar-refractivity contribution in [3.05, 3.63) is 63.7 Å². The Morgan fingerprint density at radius 1 is 1.13 bits per heavy atom. The van der Waals surface area contributed by atoms with Gasteiger partial charge in [0.25, 0.3) is 5.69 Å². The van der Waals surface area contributed by atoms with Gasteiger partial charge in [-0.1, -0.05) is 0 Å². The van der Waals surface area contributed by atoms with Crippen molar-refractivity contribution < 1.29 is 14.4 Å². The van der Waals surface area contributed by atoms with Crippen LogP contribution in [0.2, 0.25) is 0 Å². The molecule has 116 valence electrons. The number of methoxy groups -OCH3 is 2. The van der Waals surface area contributed by atoms with Crippen LogP contribution in [0.4, 0.5) is 5.69 Å². The van der Waals surface area contributed by atoms with E-state index in [-0.39, 0.29) is 5.69 Å². The molecule has 0 aromatic heterocycles. The molecule has 0 fully saturated rings. The van der Waals surface area contributed by atoms with E-state index < -0.39 is 4.92 Å². The van der Waals surface area contributed by atoms with Gasteiger partial charge in [0.2, 0.25) is 0 Å². The van der Waals surface area contributed by atoms with Gasteiger partial charge in [0.1, 0.15) is 0 Å². The third kappa shape index (κ3) is 3.66. The lowest BCUT2D eigenvalue weighted by molar-refractivity contribution is -0.384. The van der Waals surface area contributed by atoms with Gasteiger partial charge in [0.15, 0.2) is 11.5 Å². The molecule has 2 aromatic carbocycles. The fourth-order valence-electron chi connectivity index (χ4n) is 2.04. The van der Waals surface area contributed by atoms with Crippen molar-refractivity contribution in [1.82, 2.24) is 0 Å². The Morgan fingerprint density at radius 3 is 2.30 bits per heavy atom. The molecular weight excluding hydrogens is 296 g/mol. The molecule has 0 atom stereocenters. The zero-order valence-corrected chi connectivity index (χ0v) is 12.6. The van der Waals surface area contributed by atoms with Crippen LogP contribution < -0.4 is 9.47 Å². The number of nitrogens with zero attached hydrogens (tertiary/aromatic N) is 2. The van der Waals surface area contributed by atoms with Crippen molar-refractivity contribution in [1.29, 1.82) is 5.26 Å². The van der Waals surface area contributed by atoms with E-state index >= 15 is 0 Å². The highest BCUT2D eigenvalue weighted by Crippen LogP contribution is 2.31. The third-order valence-electron chi connectivity index (χ3n) is 3.23. The maximum absolute atomic E-state index is 10.7. The fourth-order valence-corrected chi connectivity index (χ4v) is 2.04. The standard InChI is InChI=1S/C17H14N2O4/c1-22-16-8-5-13(10-17(16)23-2)14(11-18)9-12-3-6-15(7-4-12)19(20)21/h3-10H,1-2H3/b14-9+. The summed E-state index contributed by atoms with van der Waals surface area (Å²) in [4.78, 5) is 10.2. The average molecular weight is 310 g/mol. The Kier molecular flexibility index (Phi) is 4.95. The van der Waals surface area contributed by atoms with Gasteiger partial charge in [-0.05, 0) is 47.5 Å². The van der Waals surface area contributed by atoms with Crippen LogP contribution in [0.25, 0.3) is 11.6 Å².